The van der Waals surface area contributed by atoms with Crippen LogP contribution in [-0.2, 0) is 4.79 Å². The molecule has 118 valence electrons. The number of nitrogens with zero attached hydrogens (tertiary/aromatic N) is 1. The Balaban J connectivity index is 1.93. The second kappa shape index (κ2) is 6.00. The molecular weight excluding hydrogens is 296 g/mol. The van der Waals surface area contributed by atoms with Crippen LogP contribution in [-0.4, -0.2) is 32.6 Å². The first-order chi connectivity index (χ1) is 11.1. The normalized spacial score (nSPS) is 13.1. The molecule has 0 bridgehead atoms. The van der Waals surface area contributed by atoms with Crippen LogP contribution in [0.2, 0.25) is 0 Å². The average Bonchev–Trinajstić information content (AvgIpc) is 2.58. The third kappa shape index (κ3) is 2.70. The average molecular weight is 312 g/mol. The van der Waals surface area contributed by atoms with Crippen molar-refractivity contribution in [2.24, 2.45) is 0 Å². The Kier molecular flexibility index (Phi) is 3.89. The highest BCUT2D eigenvalue weighted by molar-refractivity contribution is 6.09. The van der Waals surface area contributed by atoms with Gasteiger partial charge >= 0.3 is 0 Å². The molecule has 6 heteroatoms. The van der Waals surface area contributed by atoms with Gasteiger partial charge in [0.2, 0.25) is 0 Å². The van der Waals surface area contributed by atoms with Crippen molar-refractivity contribution in [3.63, 3.8) is 0 Å². The molecule has 0 spiro atoms. The van der Waals surface area contributed by atoms with Crippen molar-refractivity contribution >= 4 is 23.2 Å². The van der Waals surface area contributed by atoms with Gasteiger partial charge in [0.05, 0.1) is 24.0 Å². The van der Waals surface area contributed by atoms with E-state index in [0.29, 0.717) is 28.4 Å². The Labute approximate surface area is 133 Å². The Bertz CT molecular complexity index is 773. The number of carbonyl (C=O) groups is 2. The van der Waals surface area contributed by atoms with Crippen LogP contribution >= 0.6 is 0 Å². The van der Waals surface area contributed by atoms with E-state index in [1.807, 2.05) is 12.1 Å². The van der Waals surface area contributed by atoms with Gasteiger partial charge in [0, 0.05) is 7.05 Å². The van der Waals surface area contributed by atoms with Crippen molar-refractivity contribution in [3.8, 4) is 11.5 Å². The van der Waals surface area contributed by atoms with E-state index in [0.717, 1.165) is 0 Å². The molecule has 1 N–H and O–H groups in total. The number of fused-ring (bicyclic) bond motifs is 1. The first-order valence-electron chi connectivity index (χ1n) is 7.08. The number of anilines is 2. The maximum Gasteiger partial charge on any atom is 0.264 e. The predicted octanol–water partition coefficient (Wildman–Crippen LogP) is 2.30. The Hall–Kier alpha value is -3.02. The molecule has 0 saturated carbocycles. The Morgan fingerprint density at radius 1 is 1.22 bits per heavy atom. The van der Waals surface area contributed by atoms with Gasteiger partial charge in [0.15, 0.2) is 12.4 Å². The van der Waals surface area contributed by atoms with Crippen molar-refractivity contribution in [2.45, 2.75) is 0 Å². The van der Waals surface area contributed by atoms with Crippen molar-refractivity contribution in [3.05, 3.63) is 48.0 Å². The maximum atomic E-state index is 12.6. The lowest BCUT2D eigenvalue weighted by atomic mass is 10.1. The minimum atomic E-state index is -0.325. The molecule has 1 aliphatic rings. The van der Waals surface area contributed by atoms with Gasteiger partial charge in [0.25, 0.3) is 11.8 Å². The summed E-state index contributed by atoms with van der Waals surface area (Å²) < 4.78 is 10.7. The molecule has 0 aromatic heterocycles. The first kappa shape index (κ1) is 14.9. The van der Waals surface area contributed by atoms with E-state index in [1.54, 1.807) is 44.5 Å². The Morgan fingerprint density at radius 3 is 2.78 bits per heavy atom. The van der Waals surface area contributed by atoms with Crippen LogP contribution in [0, 0.1) is 0 Å². The Morgan fingerprint density at radius 2 is 2.00 bits per heavy atom. The molecule has 2 aromatic carbocycles. The number of carbonyl (C=O) groups excluding carboxylic acids is 2. The second-order valence-corrected chi connectivity index (χ2v) is 5.05. The molecule has 6 nitrogen and oxygen atoms in total. The van der Waals surface area contributed by atoms with Gasteiger partial charge in [-0.2, -0.15) is 0 Å². The van der Waals surface area contributed by atoms with Gasteiger partial charge in [-0.15, -0.1) is 0 Å². The number of methoxy groups -OCH3 is 1. The van der Waals surface area contributed by atoms with E-state index < -0.39 is 0 Å². The van der Waals surface area contributed by atoms with Gasteiger partial charge in [0.1, 0.15) is 5.75 Å². The lowest BCUT2D eigenvalue weighted by molar-refractivity contribution is -0.121. The third-order valence-electron chi connectivity index (χ3n) is 3.67. The summed E-state index contributed by atoms with van der Waals surface area (Å²) in [5.41, 5.74) is 1.51. The molecule has 1 aliphatic heterocycles. The number of hydrogen-bond donors (Lipinski definition) is 1. The molecule has 2 amide bonds. The highest BCUT2D eigenvalue weighted by atomic mass is 16.5. The van der Waals surface area contributed by atoms with Crippen LogP contribution in [0.1, 0.15) is 10.4 Å². The van der Waals surface area contributed by atoms with Crippen LogP contribution in [0.25, 0.3) is 0 Å². The molecule has 0 atom stereocenters. The van der Waals surface area contributed by atoms with Crippen LogP contribution in [0.15, 0.2) is 42.5 Å². The standard InChI is InChI=1S/C17H16N2O4/c1-19-13-8-5-6-11(16(13)23-10-15(19)20)17(21)18-12-7-3-4-9-14(12)22-2/h3-9H,10H2,1-2H3,(H,18,21). The van der Waals surface area contributed by atoms with Crippen LogP contribution in [0.3, 0.4) is 0 Å². The van der Waals surface area contributed by atoms with Gasteiger partial charge in [-0.3, -0.25) is 9.59 Å². The number of amides is 2. The summed E-state index contributed by atoms with van der Waals surface area (Å²) in [5.74, 6) is 0.495. The van der Waals surface area contributed by atoms with Crippen LogP contribution in [0.4, 0.5) is 11.4 Å². The summed E-state index contributed by atoms with van der Waals surface area (Å²) in [7, 11) is 3.20. The number of para-hydroxylation sites is 3. The fourth-order valence-corrected chi connectivity index (χ4v) is 2.42. The molecule has 0 aliphatic carbocycles. The highest BCUT2D eigenvalue weighted by Crippen LogP contribution is 2.35. The van der Waals surface area contributed by atoms with Crippen molar-refractivity contribution in [1.82, 2.24) is 0 Å². The molecule has 0 saturated heterocycles. The zero-order chi connectivity index (χ0) is 16.4. The largest absolute Gasteiger partial charge is 0.495 e. The zero-order valence-corrected chi connectivity index (χ0v) is 12.8. The summed E-state index contributed by atoms with van der Waals surface area (Å²) in [5, 5.41) is 2.81. The monoisotopic (exact) mass is 312 g/mol. The predicted molar refractivity (Wildman–Crippen MR) is 86.3 cm³/mol. The van der Waals surface area contributed by atoms with Crippen molar-refractivity contribution in [2.75, 3.05) is 31.0 Å². The number of rotatable bonds is 3. The highest BCUT2D eigenvalue weighted by Gasteiger charge is 2.26. The minimum Gasteiger partial charge on any atom is -0.495 e. The quantitative estimate of drug-likeness (QED) is 0.944. The summed E-state index contributed by atoms with van der Waals surface area (Å²) in [6.45, 7) is -0.0809. The maximum absolute atomic E-state index is 12.6. The second-order valence-electron chi connectivity index (χ2n) is 5.05. The van der Waals surface area contributed by atoms with E-state index in [4.69, 9.17) is 9.47 Å². The van der Waals surface area contributed by atoms with E-state index in [-0.39, 0.29) is 18.4 Å². The minimum absolute atomic E-state index is 0.0809. The number of hydrogen-bond acceptors (Lipinski definition) is 4. The van der Waals surface area contributed by atoms with E-state index in [2.05, 4.69) is 5.32 Å². The summed E-state index contributed by atoms with van der Waals surface area (Å²) >= 11 is 0. The van der Waals surface area contributed by atoms with Crippen LogP contribution in [0.5, 0.6) is 11.5 Å². The van der Waals surface area contributed by atoms with Gasteiger partial charge in [-0.1, -0.05) is 18.2 Å². The zero-order valence-electron chi connectivity index (χ0n) is 12.8. The van der Waals surface area contributed by atoms with Crippen LogP contribution < -0.4 is 19.7 Å². The molecule has 2 aromatic rings. The molecule has 23 heavy (non-hydrogen) atoms. The van der Waals surface area contributed by atoms with E-state index in [1.165, 1.54) is 4.90 Å². The molecule has 0 fully saturated rings. The fourth-order valence-electron chi connectivity index (χ4n) is 2.42. The fraction of sp³-hybridized carbons (Fsp3) is 0.176. The molecule has 0 radical (unpaired) electrons. The molecular formula is C17H16N2O4. The topological polar surface area (TPSA) is 67.9 Å². The lowest BCUT2D eigenvalue weighted by Gasteiger charge is -2.27. The number of benzene rings is 2. The first-order valence-corrected chi connectivity index (χ1v) is 7.08. The van der Waals surface area contributed by atoms with E-state index >= 15 is 0 Å². The molecule has 1 heterocycles. The number of ether oxygens (including phenoxy) is 2. The molecule has 3 rings (SSSR count). The summed E-state index contributed by atoms with van der Waals surface area (Å²) in [6, 6.07) is 12.3. The summed E-state index contributed by atoms with van der Waals surface area (Å²) in [4.78, 5) is 25.8. The van der Waals surface area contributed by atoms with Gasteiger partial charge in [-0.05, 0) is 24.3 Å². The third-order valence-corrected chi connectivity index (χ3v) is 3.67. The van der Waals surface area contributed by atoms with Gasteiger partial charge < -0.3 is 19.7 Å². The van der Waals surface area contributed by atoms with E-state index in [9.17, 15) is 9.59 Å². The smallest absolute Gasteiger partial charge is 0.264 e. The lowest BCUT2D eigenvalue weighted by Crippen LogP contribution is -2.36. The number of likely N-dealkylation sites (N-methyl/N-ethyl adjacent to an activating group) is 1. The van der Waals surface area contributed by atoms with Gasteiger partial charge in [-0.25, -0.2) is 0 Å². The van der Waals surface area contributed by atoms with Crippen molar-refractivity contribution in [1.29, 1.82) is 0 Å². The van der Waals surface area contributed by atoms with Crippen molar-refractivity contribution < 1.29 is 19.1 Å². The molecule has 0 unspecified atom stereocenters. The SMILES string of the molecule is COc1ccccc1NC(=O)c1cccc2c1OCC(=O)N2C. The number of nitrogens with one attached hydrogen (secondary N) is 1. The summed E-state index contributed by atoms with van der Waals surface area (Å²) in [6.07, 6.45) is 0.